The average molecular weight is 629 g/mol. The number of nitrogens with zero attached hydrogens (tertiary/aromatic N) is 2. The number of hydrogen-bond donors (Lipinski definition) is 0. The van der Waals surface area contributed by atoms with Gasteiger partial charge in [0.25, 0.3) is 11.8 Å². The number of likely N-dealkylation sites (tertiary alicyclic amines) is 2. The van der Waals surface area contributed by atoms with Crippen LogP contribution in [0.1, 0.15) is 22.3 Å². The van der Waals surface area contributed by atoms with E-state index in [4.69, 9.17) is 0 Å². The molecule has 2 saturated heterocycles. The van der Waals surface area contributed by atoms with Crippen LogP contribution in [-0.2, 0) is 19.2 Å². The fraction of sp³-hybridized carbons (Fsp3) is 0.0952. The summed E-state index contributed by atoms with van der Waals surface area (Å²) in [6.07, 6.45) is 7.13. The summed E-state index contributed by atoms with van der Waals surface area (Å²) in [4.78, 5) is 57.0. The molecule has 234 valence electrons. The van der Waals surface area contributed by atoms with Crippen molar-refractivity contribution in [3.8, 4) is 11.8 Å². The van der Waals surface area contributed by atoms with Crippen molar-refractivity contribution < 1.29 is 19.2 Å². The highest BCUT2D eigenvalue weighted by Gasteiger charge is 2.30. The summed E-state index contributed by atoms with van der Waals surface area (Å²) >= 11 is 0. The molecule has 6 heteroatoms. The molecule has 48 heavy (non-hydrogen) atoms. The Hall–Kier alpha value is -6.32. The summed E-state index contributed by atoms with van der Waals surface area (Å²) in [6.45, 7) is 0.253. The quantitative estimate of drug-likeness (QED) is 0.201. The molecule has 4 aromatic carbocycles. The smallest absolute Gasteiger partial charge is 0.299 e. The van der Waals surface area contributed by atoms with E-state index in [1.165, 1.54) is 9.80 Å². The van der Waals surface area contributed by atoms with Crippen LogP contribution in [0.2, 0.25) is 0 Å². The van der Waals surface area contributed by atoms with Crippen molar-refractivity contribution in [3.63, 3.8) is 0 Å². The van der Waals surface area contributed by atoms with Crippen molar-refractivity contribution in [1.82, 2.24) is 9.80 Å². The van der Waals surface area contributed by atoms with E-state index in [9.17, 15) is 19.2 Å². The minimum Gasteiger partial charge on any atom is -0.323 e. The zero-order chi connectivity index (χ0) is 33.3. The first-order valence-electron chi connectivity index (χ1n) is 15.6. The summed E-state index contributed by atoms with van der Waals surface area (Å²) in [5.41, 5.74) is 5.19. The Bertz CT molecular complexity index is 1760. The molecule has 2 amide bonds. The molecular formula is C42H32N2O4. The predicted molar refractivity (Wildman–Crippen MR) is 189 cm³/mol. The summed E-state index contributed by atoms with van der Waals surface area (Å²) in [6, 6.07) is 37.8. The van der Waals surface area contributed by atoms with Crippen molar-refractivity contribution >= 4 is 47.7 Å². The van der Waals surface area contributed by atoms with Gasteiger partial charge in [-0.1, -0.05) is 121 Å². The molecule has 0 bridgehead atoms. The number of carbonyl (C=O) groups is 4. The molecule has 2 fully saturated rings. The number of hydrogen-bond acceptors (Lipinski definition) is 4. The lowest BCUT2D eigenvalue weighted by Crippen LogP contribution is -2.42. The lowest BCUT2D eigenvalue weighted by Gasteiger charge is -2.29. The number of amides is 2. The van der Waals surface area contributed by atoms with Gasteiger partial charge in [-0.3, -0.25) is 19.2 Å². The molecule has 2 aliphatic rings. The molecule has 6 nitrogen and oxygen atoms in total. The van der Waals surface area contributed by atoms with E-state index in [0.29, 0.717) is 22.3 Å². The average Bonchev–Trinajstić information content (AvgIpc) is 3.12. The van der Waals surface area contributed by atoms with Crippen LogP contribution in [0, 0.1) is 11.8 Å². The third-order valence-corrected chi connectivity index (χ3v) is 8.02. The molecule has 0 saturated carbocycles. The largest absolute Gasteiger partial charge is 0.323 e. The predicted octanol–water partition coefficient (Wildman–Crippen LogP) is 6.15. The molecule has 0 radical (unpaired) electrons. The lowest BCUT2D eigenvalue weighted by molar-refractivity contribution is -0.127. The molecular weight excluding hydrogens is 596 g/mol. The van der Waals surface area contributed by atoms with E-state index in [1.54, 1.807) is 24.3 Å². The van der Waals surface area contributed by atoms with Gasteiger partial charge in [-0.05, 0) is 46.6 Å². The topological polar surface area (TPSA) is 74.8 Å². The Morgan fingerprint density at radius 1 is 0.417 bits per heavy atom. The number of ketones is 2. The highest BCUT2D eigenvalue weighted by Crippen LogP contribution is 2.24. The van der Waals surface area contributed by atoms with Crippen molar-refractivity contribution in [3.05, 3.63) is 166 Å². The van der Waals surface area contributed by atoms with Gasteiger partial charge in [0.15, 0.2) is 11.6 Å². The highest BCUT2D eigenvalue weighted by atomic mass is 16.2. The number of benzene rings is 4. The van der Waals surface area contributed by atoms with Gasteiger partial charge in [-0.2, -0.15) is 0 Å². The van der Waals surface area contributed by atoms with Gasteiger partial charge in [0.05, 0.1) is 26.2 Å². The Morgan fingerprint density at radius 3 is 0.875 bits per heavy atom. The molecule has 0 N–H and O–H groups in total. The van der Waals surface area contributed by atoms with Crippen LogP contribution in [-0.4, -0.2) is 59.4 Å². The fourth-order valence-corrected chi connectivity index (χ4v) is 5.63. The van der Waals surface area contributed by atoms with Crippen molar-refractivity contribution in [2.75, 3.05) is 26.2 Å². The molecule has 4 aromatic rings. The van der Waals surface area contributed by atoms with Crippen LogP contribution in [0.15, 0.2) is 144 Å². The standard InChI is InChI=1S/C42H32N2O4/c45-39(43-27-35(23-31-13-5-1-6-14-31)41(47)36(28-43)24-32-15-7-2-8-16-32)21-22-40(46)44-29-37(25-33-17-9-3-10-18-33)42(48)38(30-44)26-34-19-11-4-12-20-34/h1-20,23-26H,27-30H2/b35-23+,36-24+,37-25+,38-26+. The molecule has 2 aliphatic heterocycles. The van der Waals surface area contributed by atoms with Crippen LogP contribution in [0.25, 0.3) is 24.3 Å². The van der Waals surface area contributed by atoms with E-state index >= 15 is 0 Å². The third-order valence-electron chi connectivity index (χ3n) is 8.02. The minimum atomic E-state index is -0.568. The maximum atomic E-state index is 13.5. The van der Waals surface area contributed by atoms with Gasteiger partial charge in [-0.25, -0.2) is 0 Å². The number of piperidine rings is 2. The summed E-state index contributed by atoms with van der Waals surface area (Å²) in [5.74, 6) is 3.65. The Balaban J connectivity index is 1.26. The summed E-state index contributed by atoms with van der Waals surface area (Å²) in [5, 5.41) is 0. The molecule has 0 spiro atoms. The van der Waals surface area contributed by atoms with Crippen LogP contribution in [0.5, 0.6) is 0 Å². The van der Waals surface area contributed by atoms with Gasteiger partial charge in [0, 0.05) is 34.1 Å². The van der Waals surface area contributed by atoms with E-state index in [0.717, 1.165) is 22.3 Å². The van der Waals surface area contributed by atoms with Crippen LogP contribution >= 0.6 is 0 Å². The highest BCUT2D eigenvalue weighted by molar-refractivity contribution is 6.17. The van der Waals surface area contributed by atoms with Crippen molar-refractivity contribution in [2.45, 2.75) is 0 Å². The zero-order valence-electron chi connectivity index (χ0n) is 26.2. The second-order valence-electron chi connectivity index (χ2n) is 11.6. The van der Waals surface area contributed by atoms with Gasteiger partial charge in [0.1, 0.15) is 0 Å². The molecule has 6 rings (SSSR count). The van der Waals surface area contributed by atoms with Crippen LogP contribution in [0.3, 0.4) is 0 Å². The number of rotatable bonds is 4. The monoisotopic (exact) mass is 628 g/mol. The van der Waals surface area contributed by atoms with Gasteiger partial charge >= 0.3 is 0 Å². The maximum absolute atomic E-state index is 13.5. The molecule has 0 aromatic heterocycles. The van der Waals surface area contributed by atoms with Crippen molar-refractivity contribution in [1.29, 1.82) is 0 Å². The van der Waals surface area contributed by atoms with Gasteiger partial charge < -0.3 is 9.80 Å². The second kappa shape index (κ2) is 14.8. The van der Waals surface area contributed by atoms with Crippen molar-refractivity contribution in [2.24, 2.45) is 0 Å². The lowest BCUT2D eigenvalue weighted by atomic mass is 9.94. The SMILES string of the molecule is O=C1/C(=C/c2ccccc2)CN(C(=O)C#CC(=O)N2C/C(=C\c3ccccc3)C(=O)/C(=C/c3ccccc3)C2)C/C1=C\c1ccccc1. The van der Waals surface area contributed by atoms with Gasteiger partial charge in [0.2, 0.25) is 0 Å². The van der Waals surface area contributed by atoms with Gasteiger partial charge in [-0.15, -0.1) is 0 Å². The third kappa shape index (κ3) is 7.90. The minimum absolute atomic E-state index is 0.0632. The van der Waals surface area contributed by atoms with E-state index < -0.39 is 11.8 Å². The molecule has 0 aliphatic carbocycles. The van der Waals surface area contributed by atoms with E-state index in [1.807, 2.05) is 121 Å². The molecule has 2 heterocycles. The molecule has 0 unspecified atom stereocenters. The Morgan fingerprint density at radius 2 is 0.646 bits per heavy atom. The molecule has 0 atom stereocenters. The van der Waals surface area contributed by atoms with E-state index in [2.05, 4.69) is 11.8 Å². The maximum Gasteiger partial charge on any atom is 0.299 e. The first-order chi connectivity index (χ1) is 23.4. The normalized spacial score (nSPS) is 18.2. The second-order valence-corrected chi connectivity index (χ2v) is 11.6. The fourth-order valence-electron chi connectivity index (χ4n) is 5.63. The summed E-state index contributed by atoms with van der Waals surface area (Å²) in [7, 11) is 0. The first kappa shape index (κ1) is 31.7. The van der Waals surface area contributed by atoms with Crippen LogP contribution < -0.4 is 0 Å². The summed E-state index contributed by atoms with van der Waals surface area (Å²) < 4.78 is 0. The Kier molecular flexibility index (Phi) is 9.79. The van der Waals surface area contributed by atoms with E-state index in [-0.39, 0.29) is 37.7 Å². The first-order valence-corrected chi connectivity index (χ1v) is 15.6. The zero-order valence-corrected chi connectivity index (χ0v) is 26.2. The Labute approximate surface area is 280 Å². The number of Topliss-reactive ketones (excluding diaryl/α,β-unsaturated/α-hetero) is 2. The number of carbonyl (C=O) groups excluding carboxylic acids is 4. The van der Waals surface area contributed by atoms with Crippen LogP contribution in [0.4, 0.5) is 0 Å².